The van der Waals surface area contributed by atoms with Crippen LogP contribution in [0.4, 0.5) is 17.5 Å². The van der Waals surface area contributed by atoms with Gasteiger partial charge in [0.1, 0.15) is 11.1 Å². The van der Waals surface area contributed by atoms with Crippen molar-refractivity contribution in [2.24, 2.45) is 5.84 Å². The fourth-order valence-corrected chi connectivity index (χ4v) is 1.87. The Morgan fingerprint density at radius 3 is 2.89 bits per heavy atom. The predicted molar refractivity (Wildman–Crippen MR) is 77.0 cm³/mol. The van der Waals surface area contributed by atoms with E-state index >= 15 is 0 Å². The summed E-state index contributed by atoms with van der Waals surface area (Å²) >= 11 is 9.33. The number of nitrogen functional groups attached to an aromatic ring is 1. The first-order valence-corrected chi connectivity index (χ1v) is 6.27. The number of rotatable bonds is 3. The summed E-state index contributed by atoms with van der Waals surface area (Å²) in [4.78, 5) is 7.94. The number of nitrogens with zero attached hydrogens (tertiary/aromatic N) is 3. The predicted octanol–water partition coefficient (Wildman–Crippen LogP) is 2.79. The maximum absolute atomic E-state index is 9.05. The lowest BCUT2D eigenvalue weighted by Gasteiger charge is -2.10. The molecule has 0 aliphatic heterocycles. The van der Waals surface area contributed by atoms with Crippen LogP contribution in [0.2, 0.25) is 5.02 Å². The zero-order chi connectivity index (χ0) is 13.8. The van der Waals surface area contributed by atoms with Gasteiger partial charge >= 0.3 is 0 Å². The summed E-state index contributed by atoms with van der Waals surface area (Å²) in [6, 6.07) is 7.30. The maximum atomic E-state index is 9.05. The van der Waals surface area contributed by atoms with Crippen molar-refractivity contribution >= 4 is 45.0 Å². The van der Waals surface area contributed by atoms with E-state index in [9.17, 15) is 0 Å². The van der Waals surface area contributed by atoms with E-state index in [0.717, 1.165) is 4.47 Å². The molecular weight excluding hydrogens is 332 g/mol. The van der Waals surface area contributed by atoms with Crippen molar-refractivity contribution in [3.05, 3.63) is 39.5 Å². The molecular formula is C11H8BrClN6. The first-order valence-electron chi connectivity index (χ1n) is 5.10. The van der Waals surface area contributed by atoms with Gasteiger partial charge in [0, 0.05) is 4.47 Å². The van der Waals surface area contributed by atoms with E-state index in [0.29, 0.717) is 22.1 Å². The fraction of sp³-hybridized carbons (Fsp3) is 0. The molecule has 0 bridgehead atoms. The molecule has 0 atom stereocenters. The summed E-state index contributed by atoms with van der Waals surface area (Å²) in [5, 5.41) is 12.4. The molecule has 19 heavy (non-hydrogen) atoms. The average molecular weight is 340 g/mol. The molecule has 2 aromatic rings. The van der Waals surface area contributed by atoms with Gasteiger partial charge < -0.3 is 5.32 Å². The minimum absolute atomic E-state index is 0.223. The Morgan fingerprint density at radius 1 is 1.42 bits per heavy atom. The second-order valence-corrected chi connectivity index (χ2v) is 4.78. The molecule has 0 unspecified atom stereocenters. The molecule has 1 aromatic heterocycles. The number of nitrogens with one attached hydrogen (secondary N) is 2. The number of aromatic nitrogens is 2. The van der Waals surface area contributed by atoms with Gasteiger partial charge in [-0.2, -0.15) is 10.2 Å². The van der Waals surface area contributed by atoms with Crippen LogP contribution in [0.5, 0.6) is 0 Å². The van der Waals surface area contributed by atoms with Crippen molar-refractivity contribution in [2.45, 2.75) is 0 Å². The maximum Gasteiger partial charge on any atom is 0.239 e. The second-order valence-electron chi connectivity index (χ2n) is 3.46. The molecule has 8 heteroatoms. The lowest BCUT2D eigenvalue weighted by atomic mass is 10.2. The van der Waals surface area contributed by atoms with Crippen molar-refractivity contribution in [2.75, 3.05) is 10.7 Å². The summed E-state index contributed by atoms with van der Waals surface area (Å²) in [6.45, 7) is 0. The zero-order valence-electron chi connectivity index (χ0n) is 9.48. The number of benzene rings is 1. The topological polar surface area (TPSA) is 99.7 Å². The number of hydrogen-bond donors (Lipinski definition) is 3. The van der Waals surface area contributed by atoms with Gasteiger partial charge in [-0.15, -0.1) is 0 Å². The molecule has 1 aromatic carbocycles. The molecule has 2 rings (SSSR count). The summed E-state index contributed by atoms with van der Waals surface area (Å²) < 4.78 is 0.830. The Hall–Kier alpha value is -1.88. The van der Waals surface area contributed by atoms with Crippen LogP contribution < -0.4 is 16.6 Å². The first-order chi connectivity index (χ1) is 9.13. The number of hydrazine groups is 1. The van der Waals surface area contributed by atoms with Gasteiger partial charge in [0.25, 0.3) is 0 Å². The minimum Gasteiger partial charge on any atom is -0.338 e. The van der Waals surface area contributed by atoms with Crippen LogP contribution in [0.25, 0.3) is 0 Å². The Bertz CT molecular complexity index is 654. The van der Waals surface area contributed by atoms with E-state index in [1.807, 2.05) is 0 Å². The summed E-state index contributed by atoms with van der Waals surface area (Å²) in [7, 11) is 0. The third-order valence-corrected chi connectivity index (χ3v) is 3.00. The quantitative estimate of drug-likeness (QED) is 0.587. The highest BCUT2D eigenvalue weighted by Gasteiger charge is 2.08. The Labute approximate surface area is 122 Å². The first kappa shape index (κ1) is 13.5. The molecule has 0 amide bonds. The Morgan fingerprint density at radius 2 is 2.21 bits per heavy atom. The normalized spacial score (nSPS) is 9.79. The molecule has 6 nitrogen and oxygen atoms in total. The van der Waals surface area contributed by atoms with E-state index in [2.05, 4.69) is 42.7 Å². The minimum atomic E-state index is 0.223. The number of halogens is 2. The molecule has 0 spiro atoms. The third kappa shape index (κ3) is 3.12. The zero-order valence-corrected chi connectivity index (χ0v) is 11.8. The Kier molecular flexibility index (Phi) is 4.16. The van der Waals surface area contributed by atoms with Crippen LogP contribution in [0, 0.1) is 11.3 Å². The van der Waals surface area contributed by atoms with E-state index in [1.165, 1.54) is 6.20 Å². The lowest BCUT2D eigenvalue weighted by Crippen LogP contribution is -2.11. The van der Waals surface area contributed by atoms with Crippen molar-refractivity contribution in [3.63, 3.8) is 0 Å². The van der Waals surface area contributed by atoms with Crippen LogP contribution in [0.1, 0.15) is 5.56 Å². The van der Waals surface area contributed by atoms with Gasteiger partial charge in [-0.1, -0.05) is 27.5 Å². The number of anilines is 3. The van der Waals surface area contributed by atoms with Crippen LogP contribution >= 0.6 is 27.5 Å². The van der Waals surface area contributed by atoms with Gasteiger partial charge in [0.2, 0.25) is 5.95 Å². The largest absolute Gasteiger partial charge is 0.338 e. The molecule has 0 saturated heterocycles. The van der Waals surface area contributed by atoms with Crippen LogP contribution in [0.15, 0.2) is 28.9 Å². The standard InChI is InChI=1S/C11H8BrClN6/c12-7-2-1-6(4-14)9(3-7)17-10-8(13)5-16-11(18-10)19-15/h1-3,5H,15H2,(H2,16,17,18,19). The van der Waals surface area contributed by atoms with Crippen molar-refractivity contribution in [1.29, 1.82) is 5.26 Å². The van der Waals surface area contributed by atoms with Crippen LogP contribution in [-0.4, -0.2) is 9.97 Å². The summed E-state index contributed by atoms with van der Waals surface area (Å²) in [6.07, 6.45) is 1.41. The average Bonchev–Trinajstić information content (AvgIpc) is 2.41. The van der Waals surface area contributed by atoms with Crippen molar-refractivity contribution in [1.82, 2.24) is 9.97 Å². The van der Waals surface area contributed by atoms with Gasteiger partial charge in [-0.25, -0.2) is 10.8 Å². The van der Waals surface area contributed by atoms with Gasteiger partial charge in [-0.05, 0) is 18.2 Å². The van der Waals surface area contributed by atoms with E-state index in [4.69, 9.17) is 22.7 Å². The summed E-state index contributed by atoms with van der Waals surface area (Å²) in [5.74, 6) is 5.82. The van der Waals surface area contributed by atoms with Gasteiger partial charge in [-0.3, -0.25) is 5.43 Å². The van der Waals surface area contributed by atoms with E-state index < -0.39 is 0 Å². The van der Waals surface area contributed by atoms with E-state index in [-0.39, 0.29) is 5.95 Å². The number of hydrogen-bond acceptors (Lipinski definition) is 6. The molecule has 0 aliphatic carbocycles. The molecule has 0 fully saturated rings. The number of nitriles is 1. The highest BCUT2D eigenvalue weighted by atomic mass is 79.9. The molecule has 1 heterocycles. The van der Waals surface area contributed by atoms with Crippen LogP contribution in [0.3, 0.4) is 0 Å². The molecule has 4 N–H and O–H groups in total. The molecule has 0 radical (unpaired) electrons. The molecule has 0 saturated carbocycles. The van der Waals surface area contributed by atoms with E-state index in [1.54, 1.807) is 18.2 Å². The van der Waals surface area contributed by atoms with Crippen LogP contribution in [-0.2, 0) is 0 Å². The number of nitrogens with two attached hydrogens (primary N) is 1. The SMILES string of the molecule is N#Cc1ccc(Br)cc1Nc1nc(NN)ncc1Cl. The van der Waals surface area contributed by atoms with Gasteiger partial charge in [0.15, 0.2) is 5.82 Å². The third-order valence-electron chi connectivity index (χ3n) is 2.23. The highest BCUT2D eigenvalue weighted by molar-refractivity contribution is 9.10. The van der Waals surface area contributed by atoms with Crippen molar-refractivity contribution < 1.29 is 0 Å². The highest BCUT2D eigenvalue weighted by Crippen LogP contribution is 2.27. The monoisotopic (exact) mass is 338 g/mol. The van der Waals surface area contributed by atoms with Crippen molar-refractivity contribution in [3.8, 4) is 6.07 Å². The van der Waals surface area contributed by atoms with Gasteiger partial charge in [0.05, 0.1) is 17.4 Å². The lowest BCUT2D eigenvalue weighted by molar-refractivity contribution is 1.12. The summed E-state index contributed by atoms with van der Waals surface area (Å²) in [5.41, 5.74) is 3.38. The molecule has 96 valence electrons. The molecule has 0 aliphatic rings. The second kappa shape index (κ2) is 5.84. The Balaban J connectivity index is 2.41. The smallest absolute Gasteiger partial charge is 0.239 e. The fourth-order valence-electron chi connectivity index (χ4n) is 1.37.